The molecule has 0 radical (unpaired) electrons. The second-order valence-corrected chi connectivity index (χ2v) is 6.91. The van der Waals surface area contributed by atoms with Crippen molar-refractivity contribution in [2.24, 2.45) is 11.3 Å². The minimum atomic E-state index is -0.962. The van der Waals surface area contributed by atoms with Gasteiger partial charge in [-0.2, -0.15) is 0 Å². The summed E-state index contributed by atoms with van der Waals surface area (Å²) >= 11 is 0. The molecule has 5 heteroatoms. The fourth-order valence-corrected chi connectivity index (χ4v) is 3.55. The number of carbonyl (C=O) groups excluding carboxylic acids is 2. The number of hydrogen-bond acceptors (Lipinski definition) is 3. The minimum absolute atomic E-state index is 0.0679. The Morgan fingerprint density at radius 1 is 1.21 bits per heavy atom. The van der Waals surface area contributed by atoms with Gasteiger partial charge < -0.3 is 10.4 Å². The summed E-state index contributed by atoms with van der Waals surface area (Å²) in [7, 11) is 0. The number of Topliss-reactive ketones (excluding diaryl/α,β-unsaturated/α-hetero) is 1. The van der Waals surface area contributed by atoms with Crippen LogP contribution in [0.2, 0.25) is 0 Å². The van der Waals surface area contributed by atoms with Gasteiger partial charge >= 0.3 is 5.97 Å². The summed E-state index contributed by atoms with van der Waals surface area (Å²) in [5.41, 5.74) is 0.101. The van der Waals surface area contributed by atoms with Crippen LogP contribution in [0.25, 0.3) is 0 Å². The molecule has 1 atom stereocenters. The van der Waals surface area contributed by atoms with E-state index in [0.717, 1.165) is 32.1 Å². The normalized spacial score (nSPS) is 17.8. The highest BCUT2D eigenvalue weighted by Crippen LogP contribution is 2.42. The first-order valence-electron chi connectivity index (χ1n) is 8.47. The standard InChI is InChI=1S/C19H25NO4/c1-13(21)14-7-6-10-16(11-14)20-18(24)19(2,12-17(22)23)15-8-4-3-5-9-15/h6-7,10-11,15H,3-5,8-9,12H2,1-2H3,(H,20,24)(H,22,23). The molecule has 2 rings (SSSR count). The molecule has 1 saturated carbocycles. The maximum atomic E-state index is 12.9. The Morgan fingerprint density at radius 2 is 1.88 bits per heavy atom. The van der Waals surface area contributed by atoms with Crippen LogP contribution in [0.3, 0.4) is 0 Å². The number of aliphatic carboxylic acids is 1. The molecule has 0 aliphatic heterocycles. The van der Waals surface area contributed by atoms with Gasteiger partial charge in [0, 0.05) is 11.3 Å². The zero-order chi connectivity index (χ0) is 17.7. The zero-order valence-corrected chi connectivity index (χ0v) is 14.3. The fraction of sp³-hybridized carbons (Fsp3) is 0.526. The molecule has 1 unspecified atom stereocenters. The number of hydrogen-bond donors (Lipinski definition) is 2. The van der Waals surface area contributed by atoms with Gasteiger partial charge in [-0.05, 0) is 44.7 Å². The van der Waals surface area contributed by atoms with Crippen molar-refractivity contribution in [2.75, 3.05) is 5.32 Å². The minimum Gasteiger partial charge on any atom is -0.481 e. The molecule has 0 saturated heterocycles. The van der Waals surface area contributed by atoms with Crippen LogP contribution >= 0.6 is 0 Å². The number of benzene rings is 1. The van der Waals surface area contributed by atoms with Crippen molar-refractivity contribution in [3.63, 3.8) is 0 Å². The average Bonchev–Trinajstić information content (AvgIpc) is 2.55. The lowest BCUT2D eigenvalue weighted by atomic mass is 9.67. The van der Waals surface area contributed by atoms with Crippen molar-refractivity contribution in [2.45, 2.75) is 52.4 Å². The van der Waals surface area contributed by atoms with Gasteiger partial charge in [0.25, 0.3) is 0 Å². The van der Waals surface area contributed by atoms with E-state index < -0.39 is 11.4 Å². The Bertz CT molecular complexity index is 634. The van der Waals surface area contributed by atoms with Gasteiger partial charge in [0.2, 0.25) is 5.91 Å². The highest BCUT2D eigenvalue weighted by atomic mass is 16.4. The Hall–Kier alpha value is -2.17. The first kappa shape index (κ1) is 18.2. The third kappa shape index (κ3) is 4.22. The van der Waals surface area contributed by atoms with Crippen LogP contribution in [0, 0.1) is 11.3 Å². The van der Waals surface area contributed by atoms with Gasteiger partial charge in [-0.15, -0.1) is 0 Å². The van der Waals surface area contributed by atoms with Crippen LogP contribution in [0.15, 0.2) is 24.3 Å². The summed E-state index contributed by atoms with van der Waals surface area (Å²) in [6.07, 6.45) is 4.78. The molecule has 0 spiro atoms. The molecule has 130 valence electrons. The highest BCUT2D eigenvalue weighted by Gasteiger charge is 2.43. The lowest BCUT2D eigenvalue weighted by Crippen LogP contribution is -2.42. The fourth-order valence-electron chi connectivity index (χ4n) is 3.55. The smallest absolute Gasteiger partial charge is 0.304 e. The topological polar surface area (TPSA) is 83.5 Å². The molecular formula is C19H25NO4. The van der Waals surface area contributed by atoms with E-state index in [9.17, 15) is 19.5 Å². The van der Waals surface area contributed by atoms with E-state index in [4.69, 9.17) is 0 Å². The Labute approximate surface area is 142 Å². The molecule has 0 bridgehead atoms. The summed E-state index contributed by atoms with van der Waals surface area (Å²) < 4.78 is 0. The Morgan fingerprint density at radius 3 is 2.46 bits per heavy atom. The molecule has 1 aromatic carbocycles. The van der Waals surface area contributed by atoms with Crippen LogP contribution in [0.1, 0.15) is 62.7 Å². The van der Waals surface area contributed by atoms with Crippen molar-refractivity contribution in [3.8, 4) is 0 Å². The van der Waals surface area contributed by atoms with Crippen LogP contribution in [0.4, 0.5) is 5.69 Å². The molecule has 5 nitrogen and oxygen atoms in total. The van der Waals surface area contributed by atoms with E-state index in [0.29, 0.717) is 11.3 Å². The monoisotopic (exact) mass is 331 g/mol. The Balaban J connectivity index is 2.22. The second-order valence-electron chi connectivity index (χ2n) is 6.91. The third-order valence-electron chi connectivity index (χ3n) is 5.07. The summed E-state index contributed by atoms with van der Waals surface area (Å²) in [6.45, 7) is 3.22. The average molecular weight is 331 g/mol. The van der Waals surface area contributed by atoms with Crippen LogP contribution in [-0.4, -0.2) is 22.8 Å². The van der Waals surface area contributed by atoms with Gasteiger partial charge in [-0.1, -0.05) is 31.4 Å². The van der Waals surface area contributed by atoms with Gasteiger partial charge in [0.05, 0.1) is 11.8 Å². The van der Waals surface area contributed by atoms with Gasteiger partial charge in [-0.25, -0.2) is 0 Å². The molecule has 0 aromatic heterocycles. The van der Waals surface area contributed by atoms with Crippen molar-refractivity contribution < 1.29 is 19.5 Å². The van der Waals surface area contributed by atoms with E-state index in [-0.39, 0.29) is 24.0 Å². The third-order valence-corrected chi connectivity index (χ3v) is 5.07. The molecule has 24 heavy (non-hydrogen) atoms. The summed E-state index contributed by atoms with van der Waals surface area (Å²) in [4.78, 5) is 35.7. The Kier molecular flexibility index (Phi) is 5.75. The summed E-state index contributed by atoms with van der Waals surface area (Å²) in [5.74, 6) is -1.25. The number of nitrogens with one attached hydrogen (secondary N) is 1. The second kappa shape index (κ2) is 7.60. The van der Waals surface area contributed by atoms with Crippen molar-refractivity contribution in [1.82, 2.24) is 0 Å². The lowest BCUT2D eigenvalue weighted by Gasteiger charge is -2.37. The van der Waals surface area contributed by atoms with E-state index in [2.05, 4.69) is 5.32 Å². The first-order valence-corrected chi connectivity index (χ1v) is 8.47. The van der Waals surface area contributed by atoms with Gasteiger partial charge in [0.15, 0.2) is 5.78 Å². The number of ketones is 1. The van der Waals surface area contributed by atoms with Crippen molar-refractivity contribution >= 4 is 23.3 Å². The number of carboxylic acid groups (broad SMARTS) is 1. The van der Waals surface area contributed by atoms with Gasteiger partial charge in [-0.3, -0.25) is 14.4 Å². The summed E-state index contributed by atoms with van der Waals surface area (Å²) in [6, 6.07) is 6.74. The lowest BCUT2D eigenvalue weighted by molar-refractivity contribution is -0.145. The molecule has 1 aromatic rings. The molecular weight excluding hydrogens is 306 g/mol. The van der Waals surface area contributed by atoms with Gasteiger partial charge in [0.1, 0.15) is 0 Å². The predicted octanol–water partition coefficient (Wildman–Crippen LogP) is 3.89. The molecule has 1 amide bonds. The largest absolute Gasteiger partial charge is 0.481 e. The SMILES string of the molecule is CC(=O)c1cccc(NC(=O)C(C)(CC(=O)O)C2CCCCC2)c1. The van der Waals surface area contributed by atoms with E-state index in [1.165, 1.54) is 6.92 Å². The molecule has 0 heterocycles. The molecule has 2 N–H and O–H groups in total. The van der Waals surface area contributed by atoms with E-state index in [1.807, 2.05) is 0 Å². The predicted molar refractivity (Wildman–Crippen MR) is 92.0 cm³/mol. The quantitative estimate of drug-likeness (QED) is 0.775. The highest BCUT2D eigenvalue weighted by molar-refractivity contribution is 5.99. The van der Waals surface area contributed by atoms with E-state index >= 15 is 0 Å². The van der Waals surface area contributed by atoms with E-state index in [1.54, 1.807) is 31.2 Å². The number of amides is 1. The van der Waals surface area contributed by atoms with Crippen LogP contribution in [-0.2, 0) is 9.59 Å². The number of carbonyl (C=O) groups is 3. The first-order chi connectivity index (χ1) is 11.3. The number of rotatable bonds is 6. The summed E-state index contributed by atoms with van der Waals surface area (Å²) in [5, 5.41) is 12.1. The van der Waals surface area contributed by atoms with Crippen molar-refractivity contribution in [1.29, 1.82) is 0 Å². The number of anilines is 1. The maximum absolute atomic E-state index is 12.9. The molecule has 1 aliphatic carbocycles. The van der Waals surface area contributed by atoms with Crippen LogP contribution < -0.4 is 5.32 Å². The van der Waals surface area contributed by atoms with Crippen molar-refractivity contribution in [3.05, 3.63) is 29.8 Å². The maximum Gasteiger partial charge on any atom is 0.304 e. The molecule has 1 fully saturated rings. The number of carboxylic acids is 1. The molecule has 1 aliphatic rings. The van der Waals surface area contributed by atoms with Crippen LogP contribution in [0.5, 0.6) is 0 Å². The zero-order valence-electron chi connectivity index (χ0n) is 14.3.